The number of aromatic nitrogens is 2. The monoisotopic (exact) mass is 582 g/mol. The molecule has 0 radical (unpaired) electrons. The van der Waals surface area contributed by atoms with Gasteiger partial charge in [-0.2, -0.15) is 0 Å². The third-order valence-corrected chi connectivity index (χ3v) is 6.11. The van der Waals surface area contributed by atoms with Crippen LogP contribution in [0, 0.1) is 11.8 Å². The Morgan fingerprint density at radius 1 is 0.738 bits per heavy atom. The number of esters is 2. The van der Waals surface area contributed by atoms with Crippen molar-refractivity contribution in [2.24, 2.45) is 11.8 Å². The van der Waals surface area contributed by atoms with Crippen LogP contribution in [0.2, 0.25) is 0 Å². The summed E-state index contributed by atoms with van der Waals surface area (Å²) < 4.78 is 10.9. The number of carbonyl (C=O) groups is 6. The van der Waals surface area contributed by atoms with Crippen molar-refractivity contribution in [2.75, 3.05) is 26.3 Å². The van der Waals surface area contributed by atoms with Crippen molar-refractivity contribution in [3.8, 4) is 0 Å². The normalized spacial score (nSPS) is 13.7. The first kappa shape index (κ1) is 33.7. The molecule has 2 atom stereocenters. The van der Waals surface area contributed by atoms with Gasteiger partial charge in [0.2, 0.25) is 23.4 Å². The molecular formula is C30H38N4O8. The van der Waals surface area contributed by atoms with Gasteiger partial charge >= 0.3 is 11.9 Å². The zero-order valence-electron chi connectivity index (χ0n) is 24.4. The van der Waals surface area contributed by atoms with Crippen molar-refractivity contribution in [2.45, 2.75) is 52.4 Å². The molecular weight excluding hydrogens is 544 g/mol. The van der Waals surface area contributed by atoms with Crippen LogP contribution < -0.4 is 10.6 Å². The molecule has 2 rings (SSSR count). The maximum absolute atomic E-state index is 13.4. The minimum atomic E-state index is -1.05. The number of rotatable bonds is 16. The molecule has 1 aliphatic carbocycles. The van der Waals surface area contributed by atoms with Crippen LogP contribution in [0.5, 0.6) is 0 Å². The number of hydrogen-bond acceptors (Lipinski definition) is 10. The molecule has 1 heterocycles. The molecule has 12 heteroatoms. The predicted octanol–water partition coefficient (Wildman–Crippen LogP) is 2.36. The summed E-state index contributed by atoms with van der Waals surface area (Å²) in [6.07, 6.45) is 4.80. The molecule has 0 spiro atoms. The highest BCUT2D eigenvalue weighted by Crippen LogP contribution is 2.34. The lowest BCUT2D eigenvalue weighted by atomic mass is 9.85. The molecule has 1 aromatic heterocycles. The molecule has 2 N–H and O–H groups in total. The zero-order chi connectivity index (χ0) is 31.4. The first-order valence-electron chi connectivity index (χ1n) is 13.7. The Morgan fingerprint density at radius 2 is 1.10 bits per heavy atom. The van der Waals surface area contributed by atoms with E-state index in [0.717, 1.165) is 24.3 Å². The van der Waals surface area contributed by atoms with Crippen LogP contribution in [0.25, 0.3) is 0 Å². The van der Waals surface area contributed by atoms with Crippen molar-refractivity contribution < 1.29 is 38.2 Å². The average molecular weight is 583 g/mol. The summed E-state index contributed by atoms with van der Waals surface area (Å²) in [6, 6.07) is 0. The summed E-state index contributed by atoms with van der Waals surface area (Å²) in [5.74, 6) is -5.55. The number of nitrogens with one attached hydrogen (secondary N) is 2. The van der Waals surface area contributed by atoms with Crippen molar-refractivity contribution >= 4 is 35.3 Å². The third kappa shape index (κ3) is 9.57. The second-order valence-electron chi connectivity index (χ2n) is 10.4. The quantitative estimate of drug-likeness (QED) is 0.167. The van der Waals surface area contributed by atoms with Crippen LogP contribution in [0.1, 0.15) is 84.7 Å². The van der Waals surface area contributed by atoms with E-state index in [4.69, 9.17) is 9.47 Å². The van der Waals surface area contributed by atoms with Crippen molar-refractivity contribution in [1.29, 1.82) is 0 Å². The highest BCUT2D eigenvalue weighted by atomic mass is 16.5. The van der Waals surface area contributed by atoms with Crippen LogP contribution in [-0.4, -0.2) is 71.6 Å². The lowest BCUT2D eigenvalue weighted by molar-refractivity contribution is -0.147. The van der Waals surface area contributed by atoms with Crippen LogP contribution in [0.15, 0.2) is 37.5 Å². The van der Waals surface area contributed by atoms with Crippen molar-refractivity contribution in [3.05, 3.63) is 60.2 Å². The van der Waals surface area contributed by atoms with Gasteiger partial charge in [-0.05, 0) is 49.0 Å². The van der Waals surface area contributed by atoms with Gasteiger partial charge in [-0.1, -0.05) is 40.9 Å². The summed E-state index contributed by atoms with van der Waals surface area (Å²) in [4.78, 5) is 84.1. The number of ether oxygens (including phenoxy) is 2. The van der Waals surface area contributed by atoms with Gasteiger partial charge in [-0.15, -0.1) is 0 Å². The third-order valence-electron chi connectivity index (χ3n) is 6.11. The predicted molar refractivity (Wildman–Crippen MR) is 153 cm³/mol. The minimum absolute atomic E-state index is 0.0379. The number of fused-ring (bicyclic) bond motifs is 1. The largest absolute Gasteiger partial charge is 0.463 e. The van der Waals surface area contributed by atoms with E-state index in [9.17, 15) is 28.8 Å². The molecule has 2 amide bonds. The molecule has 0 fully saturated rings. The van der Waals surface area contributed by atoms with E-state index in [0.29, 0.717) is 0 Å². The fourth-order valence-corrected chi connectivity index (χ4v) is 4.21. The second kappa shape index (κ2) is 16.1. The van der Waals surface area contributed by atoms with E-state index in [2.05, 4.69) is 33.8 Å². The average Bonchev–Trinajstić information content (AvgIpc) is 2.95. The maximum Gasteiger partial charge on any atom is 0.315 e. The topological polar surface area (TPSA) is 171 Å². The fraction of sp³-hybridized carbons (Fsp3) is 0.467. The number of ketones is 2. The van der Waals surface area contributed by atoms with E-state index in [1.807, 2.05) is 27.7 Å². The highest BCUT2D eigenvalue weighted by Gasteiger charge is 2.37. The van der Waals surface area contributed by atoms with Gasteiger partial charge in [0.25, 0.3) is 0 Å². The zero-order valence-corrected chi connectivity index (χ0v) is 24.4. The van der Waals surface area contributed by atoms with Gasteiger partial charge in [-0.3, -0.25) is 28.8 Å². The summed E-state index contributed by atoms with van der Waals surface area (Å²) in [5, 5.41) is 5.03. The SMILES string of the molecule is C=CC(=O)NCCOC(=O)C(CC(C)C)c1nc2c(nc1C(CC(C)C)C(=O)OCCNC(=O)C=C)C(=O)C=CC2=O. The van der Waals surface area contributed by atoms with Gasteiger partial charge in [0.15, 0.2) is 0 Å². The van der Waals surface area contributed by atoms with Crippen LogP contribution in [0.3, 0.4) is 0 Å². The molecule has 1 aliphatic rings. The summed E-state index contributed by atoms with van der Waals surface area (Å²) in [5.41, 5.74) is -0.349. The summed E-state index contributed by atoms with van der Waals surface area (Å²) >= 11 is 0. The summed E-state index contributed by atoms with van der Waals surface area (Å²) in [7, 11) is 0. The highest BCUT2D eigenvalue weighted by molar-refractivity contribution is 6.20. The Kier molecular flexibility index (Phi) is 12.9. The first-order chi connectivity index (χ1) is 19.9. The molecule has 0 saturated carbocycles. The molecule has 0 bridgehead atoms. The lowest BCUT2D eigenvalue weighted by Gasteiger charge is -2.25. The van der Waals surface area contributed by atoms with Gasteiger partial charge < -0.3 is 20.1 Å². The smallest absolute Gasteiger partial charge is 0.315 e. The van der Waals surface area contributed by atoms with Gasteiger partial charge in [0.05, 0.1) is 24.5 Å². The van der Waals surface area contributed by atoms with Crippen LogP contribution >= 0.6 is 0 Å². The molecule has 0 aliphatic heterocycles. The van der Waals surface area contributed by atoms with E-state index in [-0.39, 0.29) is 73.8 Å². The minimum Gasteiger partial charge on any atom is -0.463 e. The number of carbonyl (C=O) groups excluding carboxylic acids is 6. The lowest BCUT2D eigenvalue weighted by Crippen LogP contribution is -2.31. The molecule has 0 saturated heterocycles. The van der Waals surface area contributed by atoms with Crippen LogP contribution in [-0.2, 0) is 28.7 Å². The number of amides is 2. The number of allylic oxidation sites excluding steroid dienone is 2. The molecule has 226 valence electrons. The molecule has 0 aromatic carbocycles. The van der Waals surface area contributed by atoms with E-state index >= 15 is 0 Å². The molecule has 42 heavy (non-hydrogen) atoms. The van der Waals surface area contributed by atoms with E-state index in [1.165, 1.54) is 0 Å². The maximum atomic E-state index is 13.4. The van der Waals surface area contributed by atoms with E-state index < -0.39 is 47.2 Å². The molecule has 12 nitrogen and oxygen atoms in total. The summed E-state index contributed by atoms with van der Waals surface area (Å²) in [6.45, 7) is 14.0. The fourth-order valence-electron chi connectivity index (χ4n) is 4.21. The number of hydrogen-bond donors (Lipinski definition) is 2. The van der Waals surface area contributed by atoms with Gasteiger partial charge in [0.1, 0.15) is 36.4 Å². The van der Waals surface area contributed by atoms with Crippen LogP contribution in [0.4, 0.5) is 0 Å². The van der Waals surface area contributed by atoms with Gasteiger partial charge in [-0.25, -0.2) is 9.97 Å². The Balaban J connectivity index is 2.57. The molecule has 2 unspecified atom stereocenters. The van der Waals surface area contributed by atoms with Crippen molar-refractivity contribution in [3.63, 3.8) is 0 Å². The molecule has 1 aromatic rings. The number of nitrogens with zero attached hydrogens (tertiary/aromatic N) is 2. The standard InChI is InChI=1S/C30H38N4O8/c1-7-23(37)31-11-13-41-29(39)19(15-17(3)4)25-26(34-28-22(36)10-9-21(35)27(28)33-25)20(16-18(5)6)30(40)42-14-12-32-24(38)8-2/h7-10,17-20H,1-2,11-16H2,3-6H3,(H,31,37)(H,32,38). The van der Waals surface area contributed by atoms with E-state index in [1.54, 1.807) is 0 Å². The van der Waals surface area contributed by atoms with Gasteiger partial charge in [0, 0.05) is 0 Å². The Hall–Kier alpha value is -4.48. The Morgan fingerprint density at radius 3 is 1.40 bits per heavy atom. The Labute approximate surface area is 245 Å². The first-order valence-corrected chi connectivity index (χ1v) is 13.7. The second-order valence-corrected chi connectivity index (χ2v) is 10.4. The Bertz CT molecular complexity index is 1170. The van der Waals surface area contributed by atoms with Crippen molar-refractivity contribution in [1.82, 2.24) is 20.6 Å².